The van der Waals surface area contributed by atoms with E-state index >= 15 is 0 Å². The van der Waals surface area contributed by atoms with E-state index in [2.05, 4.69) is 20.8 Å². The standard InChI is InChI=1S/C13H17N5O4/c1-7-14-12(22-17-7)8-3-2-4-18(6-8)10(19)5-9-11(20)16-13(21)15-9/h8-9H,2-6H2,1H3,(H2,15,16,20,21). The molecule has 0 aromatic carbocycles. The van der Waals surface area contributed by atoms with Crippen molar-refractivity contribution in [3.05, 3.63) is 11.7 Å². The second-order valence-electron chi connectivity index (χ2n) is 5.58. The first-order valence-electron chi connectivity index (χ1n) is 7.22. The van der Waals surface area contributed by atoms with Gasteiger partial charge in [0.05, 0.1) is 12.3 Å². The maximum atomic E-state index is 12.3. The van der Waals surface area contributed by atoms with Crippen LogP contribution in [0.3, 0.4) is 0 Å². The summed E-state index contributed by atoms with van der Waals surface area (Å²) in [6.45, 7) is 2.87. The third-order valence-corrected chi connectivity index (χ3v) is 3.90. The topological polar surface area (TPSA) is 117 Å². The lowest BCUT2D eigenvalue weighted by atomic mass is 9.97. The predicted octanol–water partition coefficient (Wildman–Crippen LogP) is -0.318. The minimum atomic E-state index is -0.786. The number of hydrogen-bond acceptors (Lipinski definition) is 6. The molecular formula is C13H17N5O4. The smallest absolute Gasteiger partial charge is 0.322 e. The fourth-order valence-corrected chi connectivity index (χ4v) is 2.79. The lowest BCUT2D eigenvalue weighted by Crippen LogP contribution is -2.43. The number of carbonyl (C=O) groups is 3. The maximum Gasteiger partial charge on any atom is 0.322 e. The fourth-order valence-electron chi connectivity index (χ4n) is 2.79. The van der Waals surface area contributed by atoms with E-state index in [1.165, 1.54) is 0 Å². The Hall–Kier alpha value is -2.45. The molecule has 9 heteroatoms. The molecule has 0 radical (unpaired) electrons. The van der Waals surface area contributed by atoms with Gasteiger partial charge in [-0.25, -0.2) is 4.79 Å². The van der Waals surface area contributed by atoms with Crippen molar-refractivity contribution in [2.75, 3.05) is 13.1 Å². The Kier molecular flexibility index (Phi) is 3.78. The van der Waals surface area contributed by atoms with Gasteiger partial charge in [0.1, 0.15) is 6.04 Å². The lowest BCUT2D eigenvalue weighted by Gasteiger charge is -2.31. The summed E-state index contributed by atoms with van der Waals surface area (Å²) in [5.41, 5.74) is 0. The number of nitrogens with one attached hydrogen (secondary N) is 2. The van der Waals surface area contributed by atoms with Crippen LogP contribution in [0.2, 0.25) is 0 Å². The van der Waals surface area contributed by atoms with Gasteiger partial charge in [0.15, 0.2) is 5.82 Å². The highest BCUT2D eigenvalue weighted by Crippen LogP contribution is 2.26. The Morgan fingerprint density at radius 2 is 2.27 bits per heavy atom. The Labute approximate surface area is 126 Å². The van der Waals surface area contributed by atoms with Crippen LogP contribution in [-0.2, 0) is 9.59 Å². The Bertz CT molecular complexity index is 613. The van der Waals surface area contributed by atoms with E-state index in [0.29, 0.717) is 24.8 Å². The van der Waals surface area contributed by atoms with Gasteiger partial charge < -0.3 is 14.7 Å². The Morgan fingerprint density at radius 1 is 1.45 bits per heavy atom. The lowest BCUT2D eigenvalue weighted by molar-refractivity contribution is -0.135. The molecule has 0 aliphatic carbocycles. The number of aromatic nitrogens is 2. The van der Waals surface area contributed by atoms with Crippen molar-refractivity contribution >= 4 is 17.8 Å². The minimum Gasteiger partial charge on any atom is -0.342 e. The van der Waals surface area contributed by atoms with Crippen molar-refractivity contribution in [2.24, 2.45) is 0 Å². The van der Waals surface area contributed by atoms with Crippen molar-refractivity contribution in [2.45, 2.75) is 38.1 Å². The van der Waals surface area contributed by atoms with Gasteiger partial charge in [-0.1, -0.05) is 5.16 Å². The number of likely N-dealkylation sites (tertiary alicyclic amines) is 1. The minimum absolute atomic E-state index is 0.0193. The molecule has 2 fully saturated rings. The largest absolute Gasteiger partial charge is 0.342 e. The highest BCUT2D eigenvalue weighted by atomic mass is 16.5. The summed E-state index contributed by atoms with van der Waals surface area (Å²) in [6.07, 6.45) is 1.68. The van der Waals surface area contributed by atoms with E-state index in [9.17, 15) is 14.4 Å². The second kappa shape index (κ2) is 5.74. The van der Waals surface area contributed by atoms with Gasteiger partial charge in [0, 0.05) is 13.1 Å². The molecule has 1 aromatic rings. The first-order valence-corrected chi connectivity index (χ1v) is 7.22. The summed E-state index contributed by atoms with van der Waals surface area (Å²) < 4.78 is 5.18. The number of amides is 4. The van der Waals surface area contributed by atoms with Gasteiger partial charge in [0.25, 0.3) is 5.91 Å². The monoisotopic (exact) mass is 307 g/mol. The van der Waals surface area contributed by atoms with Gasteiger partial charge in [-0.3, -0.25) is 14.9 Å². The fraction of sp³-hybridized carbons (Fsp3) is 0.615. The predicted molar refractivity (Wildman–Crippen MR) is 72.7 cm³/mol. The van der Waals surface area contributed by atoms with Crippen LogP contribution >= 0.6 is 0 Å². The van der Waals surface area contributed by atoms with E-state index in [0.717, 1.165) is 12.8 Å². The van der Waals surface area contributed by atoms with Crippen LogP contribution in [0.25, 0.3) is 0 Å². The molecule has 4 amide bonds. The number of aryl methyl sites for hydroxylation is 1. The zero-order valence-electron chi connectivity index (χ0n) is 12.2. The first kappa shape index (κ1) is 14.5. The van der Waals surface area contributed by atoms with Crippen molar-refractivity contribution in [1.82, 2.24) is 25.7 Å². The SMILES string of the molecule is Cc1noc(C2CCCN(C(=O)CC3NC(=O)NC3=O)C2)n1. The highest BCUT2D eigenvalue weighted by molar-refractivity contribution is 6.05. The normalized spacial score (nSPS) is 25.0. The number of urea groups is 1. The molecule has 3 heterocycles. The third-order valence-electron chi connectivity index (χ3n) is 3.90. The van der Waals surface area contributed by atoms with Crippen LogP contribution in [-0.4, -0.2) is 52.0 Å². The molecule has 2 saturated heterocycles. The second-order valence-corrected chi connectivity index (χ2v) is 5.58. The number of rotatable bonds is 3. The number of imide groups is 1. The third kappa shape index (κ3) is 2.92. The molecule has 2 aliphatic heterocycles. The van der Waals surface area contributed by atoms with Crippen LogP contribution in [0.5, 0.6) is 0 Å². The van der Waals surface area contributed by atoms with Gasteiger partial charge in [0.2, 0.25) is 11.8 Å². The number of nitrogens with zero attached hydrogens (tertiary/aromatic N) is 3. The molecule has 1 aromatic heterocycles. The highest BCUT2D eigenvalue weighted by Gasteiger charge is 2.34. The molecule has 3 rings (SSSR count). The quantitative estimate of drug-likeness (QED) is 0.739. The Balaban J connectivity index is 1.60. The van der Waals surface area contributed by atoms with E-state index in [4.69, 9.17) is 4.52 Å². The van der Waals surface area contributed by atoms with Gasteiger partial charge in [-0.05, 0) is 19.8 Å². The molecule has 9 nitrogen and oxygen atoms in total. The van der Waals surface area contributed by atoms with Crippen LogP contribution in [0.4, 0.5) is 4.79 Å². The number of hydrogen-bond donors (Lipinski definition) is 2. The summed E-state index contributed by atoms with van der Waals surface area (Å²) in [5, 5.41) is 8.32. The molecule has 0 spiro atoms. The van der Waals surface area contributed by atoms with E-state index in [1.54, 1.807) is 11.8 Å². The zero-order valence-corrected chi connectivity index (χ0v) is 12.2. The van der Waals surface area contributed by atoms with E-state index in [1.807, 2.05) is 0 Å². The average Bonchev–Trinajstić information content (AvgIpc) is 3.05. The van der Waals surface area contributed by atoms with Crippen LogP contribution < -0.4 is 10.6 Å². The molecule has 2 N–H and O–H groups in total. The summed E-state index contributed by atoms with van der Waals surface area (Å²) >= 11 is 0. The molecular weight excluding hydrogens is 290 g/mol. The van der Waals surface area contributed by atoms with Crippen molar-refractivity contribution < 1.29 is 18.9 Å². The average molecular weight is 307 g/mol. The van der Waals surface area contributed by atoms with Crippen molar-refractivity contribution in [3.8, 4) is 0 Å². The molecule has 118 valence electrons. The molecule has 0 bridgehead atoms. The number of piperidine rings is 1. The van der Waals surface area contributed by atoms with Crippen LogP contribution in [0.15, 0.2) is 4.52 Å². The van der Waals surface area contributed by atoms with Gasteiger partial charge >= 0.3 is 6.03 Å². The molecule has 2 atom stereocenters. The zero-order chi connectivity index (χ0) is 15.7. The van der Waals surface area contributed by atoms with E-state index in [-0.39, 0.29) is 18.2 Å². The van der Waals surface area contributed by atoms with Crippen LogP contribution in [0.1, 0.15) is 36.9 Å². The number of carbonyl (C=O) groups excluding carboxylic acids is 3. The van der Waals surface area contributed by atoms with Crippen molar-refractivity contribution in [1.29, 1.82) is 0 Å². The molecule has 2 aliphatic rings. The van der Waals surface area contributed by atoms with Gasteiger partial charge in [-0.2, -0.15) is 4.98 Å². The summed E-state index contributed by atoms with van der Waals surface area (Å²) in [6, 6.07) is -1.34. The van der Waals surface area contributed by atoms with Crippen molar-refractivity contribution in [3.63, 3.8) is 0 Å². The Morgan fingerprint density at radius 3 is 2.91 bits per heavy atom. The summed E-state index contributed by atoms with van der Waals surface area (Å²) in [7, 11) is 0. The van der Waals surface area contributed by atoms with E-state index < -0.39 is 18.0 Å². The first-order chi connectivity index (χ1) is 10.5. The maximum absolute atomic E-state index is 12.3. The summed E-state index contributed by atoms with van der Waals surface area (Å²) in [4.78, 5) is 40.8. The molecule has 22 heavy (non-hydrogen) atoms. The summed E-state index contributed by atoms with van der Waals surface area (Å²) in [5.74, 6) is 0.513. The molecule has 2 unspecified atom stereocenters. The van der Waals surface area contributed by atoms with Crippen LogP contribution in [0, 0.1) is 6.92 Å². The van der Waals surface area contributed by atoms with Gasteiger partial charge in [-0.15, -0.1) is 0 Å². The molecule has 0 saturated carbocycles.